The Balaban J connectivity index is 1.75. The fraction of sp³-hybridized carbons (Fsp3) is 0.667. The molecule has 2 bridgehead atoms. The van der Waals surface area contributed by atoms with Gasteiger partial charge in [0.1, 0.15) is 5.82 Å². The van der Waals surface area contributed by atoms with Crippen molar-refractivity contribution in [3.05, 3.63) is 35.6 Å². The third kappa shape index (κ3) is 1.92. The van der Waals surface area contributed by atoms with E-state index in [1.54, 1.807) is 12.1 Å². The second-order valence-corrected chi connectivity index (χ2v) is 7.60. The van der Waals surface area contributed by atoms with Gasteiger partial charge in [-0.1, -0.05) is 32.9 Å². The molecular formula is C18H26FN. The van der Waals surface area contributed by atoms with Crippen molar-refractivity contribution in [2.24, 2.45) is 16.7 Å². The summed E-state index contributed by atoms with van der Waals surface area (Å²) in [5.74, 6) is 0.694. The molecule has 1 aromatic rings. The van der Waals surface area contributed by atoms with Crippen LogP contribution in [0.15, 0.2) is 24.3 Å². The highest BCUT2D eigenvalue weighted by Crippen LogP contribution is 2.65. The van der Waals surface area contributed by atoms with E-state index in [4.69, 9.17) is 0 Å². The van der Waals surface area contributed by atoms with Gasteiger partial charge in [-0.2, -0.15) is 0 Å². The first-order valence-electron chi connectivity index (χ1n) is 7.86. The molecule has 1 N–H and O–H groups in total. The van der Waals surface area contributed by atoms with Crippen LogP contribution >= 0.6 is 0 Å². The number of nitrogens with one attached hydrogen (secondary N) is 1. The zero-order valence-electron chi connectivity index (χ0n) is 13.0. The Morgan fingerprint density at radius 2 is 1.85 bits per heavy atom. The molecule has 0 spiro atoms. The number of hydrogen-bond donors (Lipinski definition) is 1. The summed E-state index contributed by atoms with van der Waals surface area (Å²) >= 11 is 0. The first-order chi connectivity index (χ1) is 9.34. The maximum atomic E-state index is 13.0. The summed E-state index contributed by atoms with van der Waals surface area (Å²) in [5, 5.41) is 3.82. The number of fused-ring (bicyclic) bond motifs is 2. The van der Waals surface area contributed by atoms with Gasteiger partial charge in [0.25, 0.3) is 0 Å². The summed E-state index contributed by atoms with van der Waals surface area (Å²) in [4.78, 5) is 0. The molecule has 1 aromatic carbocycles. The van der Waals surface area contributed by atoms with Crippen LogP contribution in [0.3, 0.4) is 0 Å². The van der Waals surface area contributed by atoms with Crippen LogP contribution in [0.4, 0.5) is 4.39 Å². The van der Waals surface area contributed by atoms with Gasteiger partial charge in [0.05, 0.1) is 0 Å². The van der Waals surface area contributed by atoms with Crippen LogP contribution in [0, 0.1) is 22.6 Å². The number of rotatable bonds is 3. The van der Waals surface area contributed by atoms with Gasteiger partial charge in [-0.05, 0) is 60.6 Å². The molecule has 0 heterocycles. The van der Waals surface area contributed by atoms with Crippen molar-refractivity contribution in [2.45, 2.75) is 59.0 Å². The lowest BCUT2D eigenvalue weighted by molar-refractivity contribution is 0.116. The van der Waals surface area contributed by atoms with Crippen LogP contribution in [-0.4, -0.2) is 6.04 Å². The summed E-state index contributed by atoms with van der Waals surface area (Å²) in [5.41, 5.74) is 2.01. The van der Waals surface area contributed by atoms with E-state index in [0.29, 0.717) is 16.9 Å². The molecule has 0 radical (unpaired) electrons. The zero-order valence-corrected chi connectivity index (χ0v) is 13.0. The Kier molecular flexibility index (Phi) is 3.20. The van der Waals surface area contributed by atoms with E-state index in [9.17, 15) is 4.39 Å². The molecule has 2 aliphatic rings. The highest BCUT2D eigenvalue weighted by molar-refractivity contribution is 5.21. The average Bonchev–Trinajstić information content (AvgIpc) is 2.72. The van der Waals surface area contributed by atoms with E-state index in [1.165, 1.54) is 24.8 Å². The van der Waals surface area contributed by atoms with Gasteiger partial charge >= 0.3 is 0 Å². The van der Waals surface area contributed by atoms with Crippen LogP contribution in [0.2, 0.25) is 0 Å². The molecule has 20 heavy (non-hydrogen) atoms. The Bertz CT molecular complexity index is 493. The molecule has 0 saturated heterocycles. The van der Waals surface area contributed by atoms with Gasteiger partial charge in [0.2, 0.25) is 0 Å². The van der Waals surface area contributed by atoms with E-state index >= 15 is 0 Å². The van der Waals surface area contributed by atoms with Crippen molar-refractivity contribution >= 4 is 0 Å². The SMILES string of the molecule is CC(NC1CC2CCC1(C)C2(C)C)c1ccc(F)cc1. The summed E-state index contributed by atoms with van der Waals surface area (Å²) in [6, 6.07) is 7.77. The average molecular weight is 275 g/mol. The van der Waals surface area contributed by atoms with Crippen LogP contribution in [0.25, 0.3) is 0 Å². The van der Waals surface area contributed by atoms with Crippen molar-refractivity contribution in [3.8, 4) is 0 Å². The minimum absolute atomic E-state index is 0.158. The van der Waals surface area contributed by atoms with Gasteiger partial charge in [-0.3, -0.25) is 0 Å². The van der Waals surface area contributed by atoms with Gasteiger partial charge in [0.15, 0.2) is 0 Å². The summed E-state index contributed by atoms with van der Waals surface area (Å²) in [6.07, 6.45) is 4.00. The number of benzene rings is 1. The summed E-state index contributed by atoms with van der Waals surface area (Å²) < 4.78 is 13.0. The maximum absolute atomic E-state index is 13.0. The Morgan fingerprint density at radius 3 is 2.35 bits per heavy atom. The Labute approximate surface area is 122 Å². The first-order valence-corrected chi connectivity index (χ1v) is 7.86. The van der Waals surface area contributed by atoms with Crippen molar-refractivity contribution < 1.29 is 4.39 Å². The molecule has 0 aliphatic heterocycles. The predicted octanol–water partition coefficient (Wildman–Crippen LogP) is 4.69. The molecule has 2 heteroatoms. The lowest BCUT2D eigenvalue weighted by atomic mass is 9.69. The molecule has 0 aromatic heterocycles. The van der Waals surface area contributed by atoms with Crippen LogP contribution in [0.1, 0.15) is 58.6 Å². The fourth-order valence-electron chi connectivity index (χ4n) is 4.61. The maximum Gasteiger partial charge on any atom is 0.123 e. The molecule has 2 aliphatic carbocycles. The predicted molar refractivity (Wildman–Crippen MR) is 81.0 cm³/mol. The zero-order chi connectivity index (χ0) is 14.5. The summed E-state index contributed by atoms with van der Waals surface area (Å²) in [6.45, 7) is 9.52. The lowest BCUT2D eigenvalue weighted by Crippen LogP contribution is -2.45. The topological polar surface area (TPSA) is 12.0 Å². The molecule has 0 amide bonds. The molecule has 2 saturated carbocycles. The quantitative estimate of drug-likeness (QED) is 0.843. The molecule has 3 rings (SSSR count). The monoisotopic (exact) mass is 275 g/mol. The second-order valence-electron chi connectivity index (χ2n) is 7.60. The molecule has 4 unspecified atom stereocenters. The van der Waals surface area contributed by atoms with Gasteiger partial charge in [0, 0.05) is 12.1 Å². The molecule has 110 valence electrons. The van der Waals surface area contributed by atoms with Crippen molar-refractivity contribution in [2.75, 3.05) is 0 Å². The summed E-state index contributed by atoms with van der Waals surface area (Å²) in [7, 11) is 0. The molecule has 1 nitrogen and oxygen atoms in total. The van der Waals surface area contributed by atoms with E-state index in [2.05, 4.69) is 33.0 Å². The van der Waals surface area contributed by atoms with Crippen molar-refractivity contribution in [3.63, 3.8) is 0 Å². The largest absolute Gasteiger partial charge is 0.307 e. The van der Waals surface area contributed by atoms with Crippen molar-refractivity contribution in [1.82, 2.24) is 5.32 Å². The molecular weight excluding hydrogens is 249 g/mol. The highest BCUT2D eigenvalue weighted by atomic mass is 19.1. The van der Waals surface area contributed by atoms with E-state index in [-0.39, 0.29) is 11.9 Å². The molecule has 2 fully saturated rings. The Hall–Kier alpha value is -0.890. The van der Waals surface area contributed by atoms with Gasteiger partial charge in [-0.25, -0.2) is 4.39 Å². The van der Waals surface area contributed by atoms with Gasteiger partial charge in [-0.15, -0.1) is 0 Å². The highest BCUT2D eigenvalue weighted by Gasteiger charge is 2.61. The third-order valence-electron chi connectivity index (χ3n) is 6.62. The van der Waals surface area contributed by atoms with Crippen molar-refractivity contribution in [1.29, 1.82) is 0 Å². The van der Waals surface area contributed by atoms with E-state index < -0.39 is 0 Å². The first kappa shape index (κ1) is 14.1. The second kappa shape index (κ2) is 4.56. The normalized spacial score (nSPS) is 36.2. The fourth-order valence-corrected chi connectivity index (χ4v) is 4.61. The number of hydrogen-bond acceptors (Lipinski definition) is 1. The van der Waals surface area contributed by atoms with Crippen LogP contribution in [-0.2, 0) is 0 Å². The third-order valence-corrected chi connectivity index (χ3v) is 6.62. The number of halogens is 1. The lowest BCUT2D eigenvalue weighted by Gasteiger charge is -2.40. The smallest absolute Gasteiger partial charge is 0.123 e. The molecule has 4 atom stereocenters. The Morgan fingerprint density at radius 1 is 1.20 bits per heavy atom. The van der Waals surface area contributed by atoms with Gasteiger partial charge < -0.3 is 5.32 Å². The standard InChI is InChI=1S/C18H26FN/c1-12(13-5-7-15(19)8-6-13)20-16-11-14-9-10-18(16,4)17(14,2)3/h5-8,12,14,16,20H,9-11H2,1-4H3. The minimum Gasteiger partial charge on any atom is -0.307 e. The van der Waals surface area contributed by atoms with E-state index in [0.717, 1.165) is 5.92 Å². The van der Waals surface area contributed by atoms with Crippen LogP contribution in [0.5, 0.6) is 0 Å². The minimum atomic E-state index is -0.158. The van der Waals surface area contributed by atoms with Crippen LogP contribution < -0.4 is 5.32 Å². The van der Waals surface area contributed by atoms with E-state index in [1.807, 2.05) is 12.1 Å².